The van der Waals surface area contributed by atoms with Crippen molar-refractivity contribution in [2.45, 2.75) is 58.2 Å². The van der Waals surface area contributed by atoms with Gasteiger partial charge in [-0.15, -0.1) is 0 Å². The van der Waals surface area contributed by atoms with Gasteiger partial charge in [-0.3, -0.25) is 4.79 Å². The third kappa shape index (κ3) is 2.09. The van der Waals surface area contributed by atoms with Crippen LogP contribution in [0.3, 0.4) is 0 Å². The molecule has 2 N–H and O–H groups in total. The third-order valence-electron chi connectivity index (χ3n) is 4.08. The van der Waals surface area contributed by atoms with Gasteiger partial charge in [0.15, 0.2) is 0 Å². The minimum Gasteiger partial charge on any atom is -0.481 e. The molecule has 1 saturated heterocycles. The number of aliphatic carboxylic acids is 1. The van der Waals surface area contributed by atoms with Gasteiger partial charge in [0.25, 0.3) is 0 Å². The van der Waals surface area contributed by atoms with E-state index in [1.165, 1.54) is 0 Å². The summed E-state index contributed by atoms with van der Waals surface area (Å²) in [5.41, 5.74) is -2.76. The van der Waals surface area contributed by atoms with Crippen molar-refractivity contribution in [1.29, 1.82) is 0 Å². The van der Waals surface area contributed by atoms with Gasteiger partial charge in [-0.1, -0.05) is 6.92 Å². The Morgan fingerprint density at radius 2 is 2.06 bits per heavy atom. The second-order valence-corrected chi connectivity index (χ2v) is 5.54. The largest absolute Gasteiger partial charge is 0.481 e. The summed E-state index contributed by atoms with van der Waals surface area (Å²) in [6.45, 7) is 7.49. The van der Waals surface area contributed by atoms with Crippen LogP contribution in [0.5, 0.6) is 0 Å². The molecular formula is C12H22O4. The Hall–Kier alpha value is -0.610. The fourth-order valence-corrected chi connectivity index (χ4v) is 2.18. The summed E-state index contributed by atoms with van der Waals surface area (Å²) in [7, 11) is 0. The molecule has 0 radical (unpaired) electrons. The lowest BCUT2D eigenvalue weighted by Crippen LogP contribution is -2.57. The summed E-state index contributed by atoms with van der Waals surface area (Å²) < 4.78 is 5.63. The monoisotopic (exact) mass is 230 g/mol. The molecule has 1 fully saturated rings. The first-order chi connectivity index (χ1) is 7.17. The Morgan fingerprint density at radius 1 is 1.50 bits per heavy atom. The number of ether oxygens (including phenoxy) is 1. The Balaban J connectivity index is 2.97. The smallest absolute Gasteiger partial charge is 0.312 e. The maximum absolute atomic E-state index is 11.2. The SMILES string of the molecule is CCC1(C)CC(O)(C(C)(C)C(=O)O)CCO1. The summed E-state index contributed by atoms with van der Waals surface area (Å²) in [6.07, 6.45) is 1.52. The zero-order valence-electron chi connectivity index (χ0n) is 10.5. The quantitative estimate of drug-likeness (QED) is 0.776. The van der Waals surface area contributed by atoms with Gasteiger partial charge in [0.1, 0.15) is 0 Å². The first kappa shape index (κ1) is 13.5. The minimum atomic E-state index is -1.19. The molecular weight excluding hydrogens is 208 g/mol. The Bertz CT molecular complexity index is 287. The van der Waals surface area contributed by atoms with E-state index in [4.69, 9.17) is 4.74 Å². The van der Waals surface area contributed by atoms with Crippen LogP contribution in [0.15, 0.2) is 0 Å². The highest BCUT2D eigenvalue weighted by Gasteiger charge is 2.54. The minimum absolute atomic E-state index is 0.371. The van der Waals surface area contributed by atoms with Gasteiger partial charge in [-0.2, -0.15) is 0 Å². The second kappa shape index (κ2) is 4.00. The van der Waals surface area contributed by atoms with Gasteiger partial charge < -0.3 is 14.9 Å². The van der Waals surface area contributed by atoms with E-state index in [0.717, 1.165) is 6.42 Å². The van der Waals surface area contributed by atoms with Crippen molar-refractivity contribution in [2.75, 3.05) is 6.61 Å². The molecule has 0 aromatic heterocycles. The van der Waals surface area contributed by atoms with Crippen molar-refractivity contribution in [2.24, 2.45) is 5.41 Å². The normalized spacial score (nSPS) is 36.1. The van der Waals surface area contributed by atoms with E-state index in [9.17, 15) is 15.0 Å². The summed E-state index contributed by atoms with van der Waals surface area (Å²) in [5, 5.41) is 19.8. The van der Waals surface area contributed by atoms with E-state index in [1.54, 1.807) is 13.8 Å². The molecule has 1 heterocycles. The predicted molar refractivity (Wildman–Crippen MR) is 60.2 cm³/mol. The van der Waals surface area contributed by atoms with Gasteiger partial charge in [0.05, 0.1) is 23.2 Å². The van der Waals surface area contributed by atoms with Crippen LogP contribution in [0.25, 0.3) is 0 Å². The maximum Gasteiger partial charge on any atom is 0.312 e. The fourth-order valence-electron chi connectivity index (χ4n) is 2.18. The molecule has 1 aliphatic heterocycles. The number of carboxylic acids is 1. The van der Waals surface area contributed by atoms with Crippen LogP contribution in [0, 0.1) is 5.41 Å². The number of hydrogen-bond acceptors (Lipinski definition) is 3. The van der Waals surface area contributed by atoms with Crippen LogP contribution >= 0.6 is 0 Å². The first-order valence-electron chi connectivity index (χ1n) is 5.77. The van der Waals surface area contributed by atoms with Crippen LogP contribution in [-0.2, 0) is 9.53 Å². The fraction of sp³-hybridized carbons (Fsp3) is 0.917. The molecule has 4 nitrogen and oxygen atoms in total. The van der Waals surface area contributed by atoms with Crippen LogP contribution in [0.4, 0.5) is 0 Å². The molecule has 0 aromatic carbocycles. The number of hydrogen-bond donors (Lipinski definition) is 2. The van der Waals surface area contributed by atoms with Gasteiger partial charge in [-0.25, -0.2) is 0 Å². The lowest BCUT2D eigenvalue weighted by molar-refractivity contribution is -0.205. The van der Waals surface area contributed by atoms with E-state index in [-0.39, 0.29) is 0 Å². The molecule has 0 amide bonds. The molecule has 1 aliphatic rings. The number of aliphatic hydroxyl groups is 1. The van der Waals surface area contributed by atoms with Crippen molar-refractivity contribution < 1.29 is 19.7 Å². The van der Waals surface area contributed by atoms with Crippen molar-refractivity contribution >= 4 is 5.97 Å². The molecule has 0 saturated carbocycles. The molecule has 2 unspecified atom stereocenters. The second-order valence-electron chi connectivity index (χ2n) is 5.54. The van der Waals surface area contributed by atoms with Crippen molar-refractivity contribution in [3.05, 3.63) is 0 Å². The summed E-state index contributed by atoms with van der Waals surface area (Å²) in [5.74, 6) is -0.963. The number of carboxylic acid groups (broad SMARTS) is 1. The van der Waals surface area contributed by atoms with E-state index >= 15 is 0 Å². The number of carbonyl (C=O) groups is 1. The van der Waals surface area contributed by atoms with E-state index in [2.05, 4.69) is 0 Å². The molecule has 16 heavy (non-hydrogen) atoms. The van der Waals surface area contributed by atoms with Gasteiger partial charge in [0, 0.05) is 12.8 Å². The molecule has 1 rings (SSSR count). The Kier molecular flexibility index (Phi) is 3.37. The summed E-state index contributed by atoms with van der Waals surface area (Å²) >= 11 is 0. The third-order valence-corrected chi connectivity index (χ3v) is 4.08. The average Bonchev–Trinajstić information content (AvgIpc) is 2.17. The van der Waals surface area contributed by atoms with Crippen molar-refractivity contribution in [3.8, 4) is 0 Å². The topological polar surface area (TPSA) is 66.8 Å². The highest BCUT2D eigenvalue weighted by Crippen LogP contribution is 2.44. The van der Waals surface area contributed by atoms with Crippen LogP contribution in [0.2, 0.25) is 0 Å². The van der Waals surface area contributed by atoms with Crippen molar-refractivity contribution in [3.63, 3.8) is 0 Å². The van der Waals surface area contributed by atoms with E-state index in [1.807, 2.05) is 13.8 Å². The standard InChI is InChI=1S/C12H22O4/c1-5-11(4)8-12(15,6-7-16-11)10(2,3)9(13)14/h15H,5-8H2,1-4H3,(H,13,14). The van der Waals surface area contributed by atoms with Gasteiger partial charge in [0.2, 0.25) is 0 Å². The van der Waals surface area contributed by atoms with E-state index in [0.29, 0.717) is 19.4 Å². The summed E-state index contributed by atoms with van der Waals surface area (Å²) in [6, 6.07) is 0. The molecule has 4 heteroatoms. The Labute approximate surface area is 96.6 Å². The van der Waals surface area contributed by atoms with Gasteiger partial charge >= 0.3 is 5.97 Å². The van der Waals surface area contributed by atoms with Crippen LogP contribution < -0.4 is 0 Å². The molecule has 0 aromatic rings. The maximum atomic E-state index is 11.2. The molecule has 2 atom stereocenters. The average molecular weight is 230 g/mol. The predicted octanol–water partition coefficient (Wildman–Crippen LogP) is 1.81. The van der Waals surface area contributed by atoms with E-state index < -0.39 is 22.6 Å². The van der Waals surface area contributed by atoms with Gasteiger partial charge in [-0.05, 0) is 27.2 Å². The van der Waals surface area contributed by atoms with Crippen LogP contribution in [0.1, 0.15) is 47.0 Å². The highest BCUT2D eigenvalue weighted by molar-refractivity contribution is 5.75. The lowest BCUT2D eigenvalue weighted by atomic mass is 9.66. The zero-order valence-corrected chi connectivity index (χ0v) is 10.5. The summed E-state index contributed by atoms with van der Waals surface area (Å²) in [4.78, 5) is 11.2. The van der Waals surface area contributed by atoms with Crippen LogP contribution in [-0.4, -0.2) is 34.0 Å². The molecule has 0 aliphatic carbocycles. The first-order valence-corrected chi connectivity index (χ1v) is 5.77. The zero-order chi connectivity index (χ0) is 12.6. The Morgan fingerprint density at radius 3 is 2.50 bits per heavy atom. The lowest BCUT2D eigenvalue weighted by Gasteiger charge is -2.48. The van der Waals surface area contributed by atoms with Crippen molar-refractivity contribution in [1.82, 2.24) is 0 Å². The molecule has 0 bridgehead atoms. The highest BCUT2D eigenvalue weighted by atomic mass is 16.5. The number of rotatable bonds is 3. The molecule has 94 valence electrons. The molecule has 0 spiro atoms.